The molecule has 1 atom stereocenters. The summed E-state index contributed by atoms with van der Waals surface area (Å²) in [4.78, 5) is 29.8. The zero-order valence-electron chi connectivity index (χ0n) is 18.3. The molecule has 0 saturated heterocycles. The Morgan fingerprint density at radius 2 is 2.00 bits per heavy atom. The van der Waals surface area contributed by atoms with Gasteiger partial charge in [-0.3, -0.25) is 14.2 Å². The molecule has 2 aromatic rings. The number of thiophene rings is 1. The highest BCUT2D eigenvalue weighted by atomic mass is 35.5. The summed E-state index contributed by atoms with van der Waals surface area (Å²) in [6, 6.07) is 4.30. The van der Waals surface area contributed by atoms with Gasteiger partial charge < -0.3 is 14.4 Å². The fourth-order valence-electron chi connectivity index (χ4n) is 3.23. The van der Waals surface area contributed by atoms with Crippen LogP contribution in [0.3, 0.4) is 0 Å². The smallest absolute Gasteiger partial charge is 0.309 e. The highest BCUT2D eigenvalue weighted by Gasteiger charge is 2.48. The molecule has 10 nitrogen and oxygen atoms in total. The van der Waals surface area contributed by atoms with Crippen molar-refractivity contribution in [1.29, 1.82) is 0 Å². The Bertz CT molecular complexity index is 1220. The van der Waals surface area contributed by atoms with Crippen LogP contribution >= 0.6 is 30.5 Å². The minimum absolute atomic E-state index is 0.100. The molecule has 0 fully saturated rings. The number of Topliss-reactive ketones (excluding diaryl/α,β-unsaturated/α-hetero) is 1. The lowest BCUT2D eigenvalue weighted by Crippen LogP contribution is -2.54. The van der Waals surface area contributed by atoms with Crippen molar-refractivity contribution in [3.63, 3.8) is 0 Å². The molecule has 1 N–H and O–H groups in total. The van der Waals surface area contributed by atoms with Gasteiger partial charge in [0.15, 0.2) is 6.04 Å². The molecule has 14 heteroatoms. The number of amides is 1. The maximum Gasteiger partial charge on any atom is 0.334 e. The van der Waals surface area contributed by atoms with Crippen molar-refractivity contribution in [2.45, 2.75) is 24.8 Å². The number of hydrogen-bond acceptors (Lipinski definition) is 9. The van der Waals surface area contributed by atoms with Crippen LogP contribution in [0.5, 0.6) is 0 Å². The van der Waals surface area contributed by atoms with Gasteiger partial charge in [-0.1, -0.05) is 29.8 Å². The van der Waals surface area contributed by atoms with Gasteiger partial charge in [0, 0.05) is 12.7 Å². The lowest BCUT2D eigenvalue weighted by Gasteiger charge is -2.31. The Morgan fingerprint density at radius 3 is 2.62 bits per heavy atom. The molecule has 1 aliphatic rings. The highest BCUT2D eigenvalue weighted by Crippen LogP contribution is 2.48. The molecule has 0 aromatic carbocycles. The van der Waals surface area contributed by atoms with E-state index in [1.807, 2.05) is 0 Å². The van der Waals surface area contributed by atoms with Crippen molar-refractivity contribution in [2.75, 3.05) is 31.2 Å². The number of nitrogens with zero attached hydrogens (tertiary/aromatic N) is 2. The molecule has 0 aliphatic carbocycles. The molecule has 184 valence electrons. The van der Waals surface area contributed by atoms with E-state index in [1.165, 1.54) is 30.5 Å². The number of fused-ring (bicyclic) bond motifs is 1. The maximum atomic E-state index is 13.3. The fraction of sp³-hybridized carbons (Fsp3) is 0.350. The van der Waals surface area contributed by atoms with E-state index in [0.717, 1.165) is 15.6 Å². The minimum atomic E-state index is -4.24. The zero-order valence-corrected chi connectivity index (χ0v) is 21.6. The third kappa shape index (κ3) is 5.83. The number of aromatic nitrogens is 1. The summed E-state index contributed by atoms with van der Waals surface area (Å²) in [5, 5.41) is 2.48. The maximum absolute atomic E-state index is 13.3. The van der Waals surface area contributed by atoms with Crippen LogP contribution in [-0.4, -0.2) is 61.4 Å². The Morgan fingerprint density at radius 1 is 1.29 bits per heavy atom. The van der Waals surface area contributed by atoms with Crippen molar-refractivity contribution in [1.82, 2.24) is 9.29 Å². The number of carbonyl (C=O) groups is 2. The van der Waals surface area contributed by atoms with Crippen LogP contribution in [0.2, 0.25) is 4.34 Å². The third-order valence-corrected chi connectivity index (χ3v) is 9.84. The van der Waals surface area contributed by atoms with E-state index < -0.39 is 35.4 Å². The Hall–Kier alpha value is -1.92. The van der Waals surface area contributed by atoms with Crippen LogP contribution in [0.1, 0.15) is 23.5 Å². The predicted octanol–water partition coefficient (Wildman–Crippen LogP) is 3.81. The van der Waals surface area contributed by atoms with Gasteiger partial charge in [0.1, 0.15) is 10.7 Å². The second-order valence-electron chi connectivity index (χ2n) is 6.89. The summed E-state index contributed by atoms with van der Waals surface area (Å²) in [7, 11) is -7.63. The second-order valence-corrected chi connectivity index (χ2v) is 12.5. The number of pyridine rings is 1. The lowest BCUT2D eigenvalue weighted by atomic mass is 10.1. The van der Waals surface area contributed by atoms with E-state index in [4.69, 9.17) is 20.6 Å². The Balaban J connectivity index is 1.91. The van der Waals surface area contributed by atoms with Crippen LogP contribution in [-0.2, 0) is 28.4 Å². The topological polar surface area (TPSA) is 132 Å². The van der Waals surface area contributed by atoms with Crippen molar-refractivity contribution in [3.05, 3.63) is 51.8 Å². The first-order chi connectivity index (χ1) is 16.1. The zero-order chi connectivity index (χ0) is 24.9. The SMILES string of the molecule is CCOP(=O)(CC=CCN1C(C(=O)Nc2ccccn2)C(=O)c2sc(Cl)cc2S1(=O)=O)OCC. The quantitative estimate of drug-likeness (QED) is 0.270. The summed E-state index contributed by atoms with van der Waals surface area (Å²) in [5.74, 6) is -1.39. The predicted molar refractivity (Wildman–Crippen MR) is 129 cm³/mol. The van der Waals surface area contributed by atoms with E-state index in [2.05, 4.69) is 10.3 Å². The molecule has 0 saturated carbocycles. The number of halogens is 1. The van der Waals surface area contributed by atoms with Crippen LogP contribution < -0.4 is 5.32 Å². The van der Waals surface area contributed by atoms with E-state index in [0.29, 0.717) is 0 Å². The molecule has 0 spiro atoms. The Kier molecular flexibility index (Phi) is 8.80. The van der Waals surface area contributed by atoms with Crippen LogP contribution in [0, 0.1) is 0 Å². The number of rotatable bonds is 10. The average molecular weight is 548 g/mol. The normalized spacial score (nSPS) is 18.2. The number of allylic oxidation sites excluding steroid dienone is 1. The fourth-order valence-corrected chi connectivity index (χ4v) is 7.98. The van der Waals surface area contributed by atoms with Crippen molar-refractivity contribution < 1.29 is 31.6 Å². The number of hydrogen-bond donors (Lipinski definition) is 1. The molecular formula is C20H23ClN3O7PS2. The first kappa shape index (κ1) is 26.7. The monoisotopic (exact) mass is 547 g/mol. The standard InChI is InChI=1S/C20H23ClN3O7PS2/c1-3-30-32(27,31-4-2)12-8-7-11-24-17(20(26)23-16-9-5-6-10-22-16)18(25)19-14(34(24,28)29)13-15(21)33-19/h5-10,13,17H,3-4,11-12H2,1-2H3,(H,22,23,26). The van der Waals surface area contributed by atoms with Crippen LogP contribution in [0.15, 0.2) is 47.5 Å². The summed E-state index contributed by atoms with van der Waals surface area (Å²) in [5.41, 5.74) is 0. The highest BCUT2D eigenvalue weighted by molar-refractivity contribution is 7.89. The van der Waals surface area contributed by atoms with Crippen molar-refractivity contribution in [2.24, 2.45) is 0 Å². The Labute approximate surface area is 206 Å². The van der Waals surface area contributed by atoms with Gasteiger partial charge in [0.05, 0.1) is 28.6 Å². The van der Waals surface area contributed by atoms with Gasteiger partial charge in [-0.05, 0) is 32.0 Å². The van der Waals surface area contributed by atoms with Gasteiger partial charge in [0.2, 0.25) is 15.8 Å². The van der Waals surface area contributed by atoms with E-state index in [-0.39, 0.29) is 45.8 Å². The molecule has 2 aromatic heterocycles. The van der Waals surface area contributed by atoms with E-state index >= 15 is 0 Å². The van der Waals surface area contributed by atoms with Gasteiger partial charge >= 0.3 is 7.60 Å². The molecular weight excluding hydrogens is 525 g/mol. The summed E-state index contributed by atoms with van der Waals surface area (Å²) in [6.45, 7) is 3.38. The summed E-state index contributed by atoms with van der Waals surface area (Å²) < 4.78 is 50.6. The molecule has 34 heavy (non-hydrogen) atoms. The van der Waals surface area contributed by atoms with Crippen molar-refractivity contribution in [3.8, 4) is 0 Å². The van der Waals surface area contributed by atoms with Crippen molar-refractivity contribution >= 4 is 58.1 Å². The average Bonchev–Trinajstić information content (AvgIpc) is 3.19. The van der Waals surface area contributed by atoms with E-state index in [1.54, 1.807) is 26.0 Å². The molecule has 3 heterocycles. The number of ketones is 1. The van der Waals surface area contributed by atoms with Gasteiger partial charge in [-0.15, -0.1) is 11.3 Å². The van der Waals surface area contributed by atoms with E-state index in [9.17, 15) is 22.6 Å². The van der Waals surface area contributed by atoms with Gasteiger partial charge in [-0.25, -0.2) is 13.4 Å². The summed E-state index contributed by atoms with van der Waals surface area (Å²) >= 11 is 6.78. The molecule has 3 rings (SSSR count). The summed E-state index contributed by atoms with van der Waals surface area (Å²) in [6.07, 6.45) is 4.18. The van der Waals surface area contributed by atoms with Gasteiger partial charge in [0.25, 0.3) is 5.91 Å². The molecule has 1 aliphatic heterocycles. The first-order valence-electron chi connectivity index (χ1n) is 10.2. The number of sulfonamides is 1. The van der Waals surface area contributed by atoms with Gasteiger partial charge in [-0.2, -0.15) is 4.31 Å². The second kappa shape index (κ2) is 11.2. The lowest BCUT2D eigenvalue weighted by molar-refractivity contribution is -0.118. The largest absolute Gasteiger partial charge is 0.334 e. The number of anilines is 1. The van der Waals surface area contributed by atoms with Crippen LogP contribution in [0.4, 0.5) is 5.82 Å². The molecule has 0 radical (unpaired) electrons. The minimum Gasteiger partial charge on any atom is -0.309 e. The first-order valence-corrected chi connectivity index (χ1v) is 14.6. The molecule has 1 amide bonds. The number of carbonyl (C=O) groups excluding carboxylic acids is 2. The molecule has 1 unspecified atom stereocenters. The molecule has 0 bridgehead atoms. The third-order valence-electron chi connectivity index (χ3n) is 4.61. The van der Waals surface area contributed by atoms with Crippen LogP contribution in [0.25, 0.3) is 0 Å². The number of nitrogens with one attached hydrogen (secondary N) is 1.